The van der Waals surface area contributed by atoms with Gasteiger partial charge in [0, 0.05) is 29.5 Å². The molecule has 3 aromatic rings. The Morgan fingerprint density at radius 2 is 1.57 bits per heavy atom. The number of sulfonamides is 1. The monoisotopic (exact) mass is 659 g/mol. The van der Waals surface area contributed by atoms with Gasteiger partial charge in [-0.25, -0.2) is 8.42 Å². The zero-order valence-electron chi connectivity index (χ0n) is 24.5. The van der Waals surface area contributed by atoms with E-state index in [1.165, 1.54) is 25.2 Å². The van der Waals surface area contributed by atoms with E-state index in [-0.39, 0.29) is 30.6 Å². The first-order valence-electron chi connectivity index (χ1n) is 13.5. The van der Waals surface area contributed by atoms with Crippen molar-refractivity contribution >= 4 is 43.5 Å². The fourth-order valence-corrected chi connectivity index (χ4v) is 5.48. The molecule has 0 bridgehead atoms. The summed E-state index contributed by atoms with van der Waals surface area (Å²) in [5, 5.41) is 3.02. The number of ether oxygens (including phenoxy) is 2. The minimum absolute atomic E-state index is 0.0983. The summed E-state index contributed by atoms with van der Waals surface area (Å²) >= 11 is 3.44. The number of amides is 2. The van der Waals surface area contributed by atoms with Gasteiger partial charge in [0.15, 0.2) is 11.5 Å². The van der Waals surface area contributed by atoms with Crippen LogP contribution in [0.15, 0.2) is 77.3 Å². The van der Waals surface area contributed by atoms with Gasteiger partial charge in [-0.3, -0.25) is 13.9 Å². The number of rotatable bonds is 14. The van der Waals surface area contributed by atoms with Gasteiger partial charge in [0.1, 0.15) is 12.6 Å². The largest absolute Gasteiger partial charge is 0.493 e. The summed E-state index contributed by atoms with van der Waals surface area (Å²) in [6.07, 6.45) is 2.00. The summed E-state index contributed by atoms with van der Waals surface area (Å²) in [6, 6.07) is 20.5. The summed E-state index contributed by atoms with van der Waals surface area (Å²) in [5.41, 5.74) is 1.89. The first-order chi connectivity index (χ1) is 20.0. The highest BCUT2D eigenvalue weighted by molar-refractivity contribution is 9.10. The number of anilines is 1. The Kier molecular flexibility index (Phi) is 11.8. The summed E-state index contributed by atoms with van der Waals surface area (Å²) in [5.74, 6) is -0.103. The van der Waals surface area contributed by atoms with Gasteiger partial charge < -0.3 is 19.7 Å². The highest BCUT2D eigenvalue weighted by Crippen LogP contribution is 2.32. The first-order valence-corrected chi connectivity index (χ1v) is 16.2. The van der Waals surface area contributed by atoms with Gasteiger partial charge in [0.25, 0.3) is 0 Å². The van der Waals surface area contributed by atoms with Crippen molar-refractivity contribution in [1.29, 1.82) is 0 Å². The molecule has 0 spiro atoms. The molecule has 0 aliphatic rings. The number of hydrogen-bond acceptors (Lipinski definition) is 6. The highest BCUT2D eigenvalue weighted by atomic mass is 79.9. The van der Waals surface area contributed by atoms with Gasteiger partial charge in [-0.15, -0.1) is 0 Å². The molecule has 3 aromatic carbocycles. The molecule has 0 fully saturated rings. The molecule has 226 valence electrons. The van der Waals surface area contributed by atoms with E-state index in [1.54, 1.807) is 12.1 Å². The molecule has 0 aliphatic carbocycles. The minimum Gasteiger partial charge on any atom is -0.493 e. The van der Waals surface area contributed by atoms with Crippen molar-refractivity contribution in [3.05, 3.63) is 88.4 Å². The number of carbonyl (C=O) groups excluding carboxylic acids is 2. The van der Waals surface area contributed by atoms with Crippen molar-refractivity contribution in [3.8, 4) is 11.5 Å². The maximum absolute atomic E-state index is 14.2. The normalized spacial score (nSPS) is 12.6. The molecule has 9 nitrogen and oxygen atoms in total. The lowest BCUT2D eigenvalue weighted by molar-refractivity contribution is -0.140. The molecule has 3 rings (SSSR count). The zero-order valence-corrected chi connectivity index (χ0v) is 26.9. The number of hydrogen-bond donors (Lipinski definition) is 1. The van der Waals surface area contributed by atoms with E-state index in [2.05, 4.69) is 21.2 Å². The highest BCUT2D eigenvalue weighted by Gasteiger charge is 2.33. The Bertz CT molecular complexity index is 1450. The lowest BCUT2D eigenvalue weighted by Crippen LogP contribution is -2.54. The minimum atomic E-state index is -3.91. The summed E-state index contributed by atoms with van der Waals surface area (Å²) < 4.78 is 38.6. The van der Waals surface area contributed by atoms with Crippen LogP contribution >= 0.6 is 15.9 Å². The fourth-order valence-electron chi connectivity index (χ4n) is 4.38. The summed E-state index contributed by atoms with van der Waals surface area (Å²) in [7, 11) is -0.990. The van der Waals surface area contributed by atoms with Crippen molar-refractivity contribution in [2.75, 3.05) is 31.3 Å². The van der Waals surface area contributed by atoms with Crippen LogP contribution in [0.5, 0.6) is 11.5 Å². The number of nitrogens with zero attached hydrogens (tertiary/aromatic N) is 2. The van der Waals surface area contributed by atoms with E-state index in [1.807, 2.05) is 68.4 Å². The molecule has 0 heterocycles. The molecule has 0 unspecified atom stereocenters. The third-order valence-electron chi connectivity index (χ3n) is 6.87. The number of nitrogens with one attached hydrogen (secondary N) is 1. The van der Waals surface area contributed by atoms with Crippen molar-refractivity contribution in [1.82, 2.24) is 10.2 Å². The van der Waals surface area contributed by atoms with Crippen LogP contribution in [0.1, 0.15) is 31.4 Å². The second kappa shape index (κ2) is 15.1. The number of halogens is 1. The van der Waals surface area contributed by atoms with E-state index in [0.29, 0.717) is 17.9 Å². The first kappa shape index (κ1) is 32.9. The SMILES string of the molecule is CC[C@@H](C)NC(=O)[C@@H](Cc1ccccc1)N(Cc1ccc(Br)cc1)C(=O)CN(c1ccc(OC)c(OC)c1)S(C)(=O)=O. The predicted molar refractivity (Wildman–Crippen MR) is 168 cm³/mol. The van der Waals surface area contributed by atoms with Gasteiger partial charge in [0.2, 0.25) is 21.8 Å². The van der Waals surface area contributed by atoms with E-state index < -0.39 is 28.5 Å². The smallest absolute Gasteiger partial charge is 0.244 e. The summed E-state index contributed by atoms with van der Waals surface area (Å²) in [4.78, 5) is 29.4. The molecule has 2 atom stereocenters. The third kappa shape index (κ3) is 8.96. The van der Waals surface area contributed by atoms with Crippen molar-refractivity contribution in [2.45, 2.75) is 45.3 Å². The zero-order chi connectivity index (χ0) is 30.9. The van der Waals surface area contributed by atoms with Crippen LogP contribution in [0.2, 0.25) is 0 Å². The Morgan fingerprint density at radius 3 is 2.14 bits per heavy atom. The second-order valence-corrected chi connectivity index (χ2v) is 12.8. The number of carbonyl (C=O) groups is 2. The standard InChI is InChI=1S/C31H38BrN3O6S/c1-6-22(2)33-31(37)27(18-23-10-8-7-9-11-23)34(20-24-12-14-25(32)15-13-24)30(36)21-35(42(5,38)39)26-16-17-28(40-3)29(19-26)41-4/h7-17,19,22,27H,6,18,20-21H2,1-5H3,(H,33,37)/t22-,27-/m1/s1. The molecule has 1 N–H and O–H groups in total. The second-order valence-electron chi connectivity index (χ2n) is 9.98. The van der Waals surface area contributed by atoms with Gasteiger partial charge in [-0.05, 0) is 48.7 Å². The third-order valence-corrected chi connectivity index (χ3v) is 8.54. The van der Waals surface area contributed by atoms with Crippen LogP contribution in [-0.2, 0) is 32.6 Å². The van der Waals surface area contributed by atoms with Gasteiger partial charge in [-0.2, -0.15) is 0 Å². The molecule has 0 aromatic heterocycles. The van der Waals surface area contributed by atoms with Gasteiger partial charge in [-0.1, -0.05) is 65.3 Å². The van der Waals surface area contributed by atoms with E-state index in [4.69, 9.17) is 9.47 Å². The van der Waals surface area contributed by atoms with Gasteiger partial charge >= 0.3 is 0 Å². The van der Waals surface area contributed by atoms with Crippen molar-refractivity contribution in [3.63, 3.8) is 0 Å². The average Bonchev–Trinajstić information content (AvgIpc) is 2.97. The molecule has 2 amide bonds. The van der Waals surface area contributed by atoms with E-state index >= 15 is 0 Å². The Labute approximate surface area is 257 Å². The topological polar surface area (TPSA) is 105 Å². The molecule has 11 heteroatoms. The fraction of sp³-hybridized carbons (Fsp3) is 0.355. The van der Waals surface area contributed by atoms with Crippen molar-refractivity contribution in [2.24, 2.45) is 0 Å². The maximum Gasteiger partial charge on any atom is 0.244 e. The van der Waals surface area contributed by atoms with Crippen LogP contribution < -0.4 is 19.1 Å². The maximum atomic E-state index is 14.2. The molecule has 42 heavy (non-hydrogen) atoms. The van der Waals surface area contributed by atoms with E-state index in [0.717, 1.165) is 26.2 Å². The average molecular weight is 661 g/mol. The molecule has 0 saturated heterocycles. The Hall–Kier alpha value is -3.57. The summed E-state index contributed by atoms with van der Waals surface area (Å²) in [6.45, 7) is 3.45. The molecular formula is C31H38BrN3O6S. The number of benzene rings is 3. The van der Waals surface area contributed by atoms with E-state index in [9.17, 15) is 18.0 Å². The van der Waals surface area contributed by atoms with Crippen LogP contribution in [0.4, 0.5) is 5.69 Å². The number of methoxy groups -OCH3 is 2. The lowest BCUT2D eigenvalue weighted by atomic mass is 10.0. The Balaban J connectivity index is 2.07. The molecule has 0 saturated carbocycles. The van der Waals surface area contributed by atoms with Gasteiger partial charge in [0.05, 0.1) is 26.2 Å². The van der Waals surface area contributed by atoms with Crippen LogP contribution in [0, 0.1) is 0 Å². The van der Waals surface area contributed by atoms with Crippen LogP contribution in [0.3, 0.4) is 0 Å². The van der Waals surface area contributed by atoms with Crippen LogP contribution in [-0.4, -0.2) is 64.2 Å². The Morgan fingerprint density at radius 1 is 0.929 bits per heavy atom. The lowest BCUT2D eigenvalue weighted by Gasteiger charge is -2.34. The van der Waals surface area contributed by atoms with Crippen LogP contribution in [0.25, 0.3) is 0 Å². The molecule has 0 aliphatic heterocycles. The predicted octanol–water partition coefficient (Wildman–Crippen LogP) is 4.79. The van der Waals surface area contributed by atoms with Crippen molar-refractivity contribution < 1.29 is 27.5 Å². The molecular weight excluding hydrogens is 622 g/mol. The molecule has 0 radical (unpaired) electrons. The quantitative estimate of drug-likeness (QED) is 0.267.